The number of carbonyl (C=O) groups excluding carboxylic acids is 1. The van der Waals surface area contributed by atoms with Crippen LogP contribution in [0.3, 0.4) is 0 Å². The summed E-state index contributed by atoms with van der Waals surface area (Å²) >= 11 is 0. The van der Waals surface area contributed by atoms with E-state index in [2.05, 4.69) is 5.32 Å². The summed E-state index contributed by atoms with van der Waals surface area (Å²) in [5.41, 5.74) is 2.01. The monoisotopic (exact) mass is 344 g/mol. The number of carbonyl (C=O) groups is 1. The maximum atomic E-state index is 12.3. The Hall–Kier alpha value is -2.60. The first-order chi connectivity index (χ1) is 11.4. The number of sulfonamides is 1. The van der Waals surface area contributed by atoms with Crippen molar-refractivity contribution >= 4 is 21.6 Å². The highest BCUT2D eigenvalue weighted by Crippen LogP contribution is 2.24. The van der Waals surface area contributed by atoms with Gasteiger partial charge in [-0.3, -0.25) is 0 Å². The van der Waals surface area contributed by atoms with Crippen molar-refractivity contribution in [1.29, 1.82) is 0 Å². The summed E-state index contributed by atoms with van der Waals surface area (Å²) in [6.45, 7) is 3.50. The second kappa shape index (κ2) is 7.79. The molecule has 2 rings (SSSR count). The molecule has 0 aliphatic carbocycles. The quantitative estimate of drug-likeness (QED) is 0.875. The van der Waals surface area contributed by atoms with Gasteiger partial charge in [0.15, 0.2) is 0 Å². The number of hydrogen-bond donors (Lipinski definition) is 2. The summed E-state index contributed by atoms with van der Waals surface area (Å²) in [6.07, 6.45) is 0. The molecule has 0 atom stereocenters. The highest BCUT2D eigenvalue weighted by atomic mass is 32.2. The van der Waals surface area contributed by atoms with Crippen LogP contribution < -0.4 is 10.0 Å². The second-order valence-electron chi connectivity index (χ2n) is 5.54. The lowest BCUT2D eigenvalue weighted by molar-refractivity contribution is 0.243. The fourth-order valence-corrected chi connectivity index (χ4v) is 3.10. The minimum absolute atomic E-state index is 0.160. The van der Waals surface area contributed by atoms with Crippen LogP contribution in [0.4, 0.5) is 4.79 Å². The zero-order valence-electron chi connectivity index (χ0n) is 13.6. The van der Waals surface area contributed by atoms with Crippen LogP contribution in [0, 0.1) is 0 Å². The molecule has 5 nitrogen and oxygen atoms in total. The smallest absolute Gasteiger partial charge is 0.328 e. The van der Waals surface area contributed by atoms with Gasteiger partial charge in [-0.25, -0.2) is 17.9 Å². The topological polar surface area (TPSA) is 75.3 Å². The first-order valence-electron chi connectivity index (χ1n) is 7.53. The van der Waals surface area contributed by atoms with Crippen molar-refractivity contribution in [2.24, 2.45) is 0 Å². The predicted molar refractivity (Wildman–Crippen MR) is 95.7 cm³/mol. The van der Waals surface area contributed by atoms with Gasteiger partial charge in [0.1, 0.15) is 0 Å². The van der Waals surface area contributed by atoms with Gasteiger partial charge >= 0.3 is 6.03 Å². The van der Waals surface area contributed by atoms with Crippen LogP contribution in [0.1, 0.15) is 25.0 Å². The molecular formula is C18H20N2O3S. The van der Waals surface area contributed by atoms with E-state index in [-0.39, 0.29) is 6.04 Å². The van der Waals surface area contributed by atoms with Gasteiger partial charge in [-0.1, -0.05) is 60.7 Å². The van der Waals surface area contributed by atoms with Crippen LogP contribution in [0.15, 0.2) is 66.1 Å². The molecule has 0 aliphatic heterocycles. The molecule has 0 bridgehead atoms. The molecule has 2 amide bonds. The molecule has 0 heterocycles. The molecule has 0 saturated carbocycles. The molecule has 24 heavy (non-hydrogen) atoms. The Labute approximate surface area is 142 Å². The zero-order valence-corrected chi connectivity index (χ0v) is 14.4. The molecular weight excluding hydrogens is 324 g/mol. The van der Waals surface area contributed by atoms with E-state index < -0.39 is 16.1 Å². The summed E-state index contributed by atoms with van der Waals surface area (Å²) in [7, 11) is -3.95. The number of urea groups is 1. The Morgan fingerprint density at radius 1 is 0.917 bits per heavy atom. The fraction of sp³-hybridized carbons (Fsp3) is 0.167. The Kier molecular flexibility index (Phi) is 5.76. The summed E-state index contributed by atoms with van der Waals surface area (Å²) in [5, 5.41) is 3.57. The Bertz CT molecular complexity index is 772. The normalized spacial score (nSPS) is 11.0. The SMILES string of the molecule is CC(C)NC(=O)NS(=O)(=O)C=C(c1ccccc1)c1ccccc1. The van der Waals surface area contributed by atoms with Crippen molar-refractivity contribution in [1.82, 2.24) is 10.0 Å². The first kappa shape index (κ1) is 17.7. The standard InChI is InChI=1S/C18H20N2O3S/c1-14(2)19-18(21)20-24(22,23)13-17(15-9-5-3-6-10-15)16-11-7-4-8-12-16/h3-14H,1-2H3,(H2,19,20,21). The predicted octanol–water partition coefficient (Wildman–Crippen LogP) is 3.11. The molecule has 0 unspecified atom stereocenters. The van der Waals surface area contributed by atoms with E-state index in [4.69, 9.17) is 0 Å². The Morgan fingerprint density at radius 2 is 1.38 bits per heavy atom. The van der Waals surface area contributed by atoms with Crippen LogP contribution >= 0.6 is 0 Å². The van der Waals surface area contributed by atoms with Crippen molar-refractivity contribution in [2.75, 3.05) is 0 Å². The summed E-state index contributed by atoms with van der Waals surface area (Å²) in [6, 6.07) is 17.4. The number of benzene rings is 2. The molecule has 126 valence electrons. The average Bonchev–Trinajstić information content (AvgIpc) is 2.53. The minimum atomic E-state index is -3.95. The number of nitrogens with one attached hydrogen (secondary N) is 2. The minimum Gasteiger partial charge on any atom is -0.335 e. The Morgan fingerprint density at radius 3 is 1.79 bits per heavy atom. The summed E-state index contributed by atoms with van der Waals surface area (Å²) in [5.74, 6) is 0. The van der Waals surface area contributed by atoms with Gasteiger partial charge in [0.25, 0.3) is 10.0 Å². The third-order valence-corrected chi connectivity index (χ3v) is 4.11. The molecule has 0 aromatic heterocycles. The van der Waals surface area contributed by atoms with E-state index in [1.54, 1.807) is 13.8 Å². The van der Waals surface area contributed by atoms with Gasteiger partial charge < -0.3 is 5.32 Å². The van der Waals surface area contributed by atoms with Gasteiger partial charge in [-0.2, -0.15) is 0 Å². The number of amides is 2. The van der Waals surface area contributed by atoms with Gasteiger partial charge in [0.2, 0.25) is 0 Å². The van der Waals surface area contributed by atoms with Crippen molar-refractivity contribution < 1.29 is 13.2 Å². The van der Waals surface area contributed by atoms with Crippen LogP contribution in [0.25, 0.3) is 5.57 Å². The molecule has 2 aromatic rings. The van der Waals surface area contributed by atoms with Crippen molar-refractivity contribution in [3.8, 4) is 0 Å². The third-order valence-electron chi connectivity index (χ3n) is 3.10. The average molecular weight is 344 g/mol. The fourth-order valence-electron chi connectivity index (χ4n) is 2.14. The van der Waals surface area contributed by atoms with Gasteiger partial charge in [0, 0.05) is 11.6 Å². The van der Waals surface area contributed by atoms with E-state index in [0.717, 1.165) is 16.5 Å². The zero-order chi connectivity index (χ0) is 17.6. The van der Waals surface area contributed by atoms with E-state index in [9.17, 15) is 13.2 Å². The van der Waals surface area contributed by atoms with E-state index in [1.165, 1.54) is 0 Å². The molecule has 6 heteroatoms. The first-order valence-corrected chi connectivity index (χ1v) is 9.08. The molecule has 2 N–H and O–H groups in total. The lowest BCUT2D eigenvalue weighted by Gasteiger charge is -2.11. The van der Waals surface area contributed by atoms with Gasteiger partial charge in [0.05, 0.1) is 5.41 Å². The maximum Gasteiger partial charge on any atom is 0.328 e. The lowest BCUT2D eigenvalue weighted by Crippen LogP contribution is -2.41. The van der Waals surface area contributed by atoms with E-state index >= 15 is 0 Å². The molecule has 0 spiro atoms. The largest absolute Gasteiger partial charge is 0.335 e. The van der Waals surface area contributed by atoms with Crippen molar-refractivity contribution in [2.45, 2.75) is 19.9 Å². The van der Waals surface area contributed by atoms with Crippen LogP contribution in [0.2, 0.25) is 0 Å². The summed E-state index contributed by atoms with van der Waals surface area (Å²) in [4.78, 5) is 11.7. The summed E-state index contributed by atoms with van der Waals surface area (Å²) < 4.78 is 26.7. The number of hydrogen-bond acceptors (Lipinski definition) is 3. The number of rotatable bonds is 5. The second-order valence-corrected chi connectivity index (χ2v) is 7.07. The molecule has 0 fully saturated rings. The van der Waals surface area contributed by atoms with Crippen molar-refractivity contribution in [3.05, 3.63) is 77.2 Å². The third kappa shape index (κ3) is 5.24. The van der Waals surface area contributed by atoms with Crippen molar-refractivity contribution in [3.63, 3.8) is 0 Å². The maximum absolute atomic E-state index is 12.3. The molecule has 2 aromatic carbocycles. The van der Waals surface area contributed by atoms with Crippen LogP contribution in [-0.2, 0) is 10.0 Å². The highest BCUT2D eigenvalue weighted by molar-refractivity contribution is 7.93. The molecule has 0 radical (unpaired) electrons. The van der Waals surface area contributed by atoms with Gasteiger partial charge in [-0.05, 0) is 25.0 Å². The van der Waals surface area contributed by atoms with Gasteiger partial charge in [-0.15, -0.1) is 0 Å². The Balaban J connectivity index is 2.40. The molecule has 0 saturated heterocycles. The van der Waals surface area contributed by atoms with E-state index in [0.29, 0.717) is 5.57 Å². The molecule has 0 aliphatic rings. The van der Waals surface area contributed by atoms with Crippen LogP contribution in [0.5, 0.6) is 0 Å². The van der Waals surface area contributed by atoms with E-state index in [1.807, 2.05) is 65.4 Å². The highest BCUT2D eigenvalue weighted by Gasteiger charge is 2.15. The van der Waals surface area contributed by atoms with Crippen LogP contribution in [-0.4, -0.2) is 20.5 Å². The lowest BCUT2D eigenvalue weighted by atomic mass is 10.00.